The van der Waals surface area contributed by atoms with Gasteiger partial charge in [0.15, 0.2) is 11.5 Å². The standard InChI is InChI=1S/C12H8F3N3O2S/c13-12(14,15)20-9-4-2-1-3-8(9)19-10-6-17-7(5-18-10)11(16)21/h1-6H,(H2,16,21). The lowest BCUT2D eigenvalue weighted by molar-refractivity contribution is -0.275. The van der Waals surface area contributed by atoms with Crippen LogP contribution in [-0.4, -0.2) is 21.3 Å². The Labute approximate surface area is 122 Å². The number of nitrogens with zero attached hydrogens (tertiary/aromatic N) is 2. The van der Waals surface area contributed by atoms with E-state index in [9.17, 15) is 13.2 Å². The molecule has 0 aliphatic carbocycles. The van der Waals surface area contributed by atoms with Crippen LogP contribution in [0.1, 0.15) is 5.69 Å². The minimum absolute atomic E-state index is 0.0202. The summed E-state index contributed by atoms with van der Waals surface area (Å²) < 4.78 is 45.9. The minimum Gasteiger partial charge on any atom is -0.434 e. The summed E-state index contributed by atoms with van der Waals surface area (Å²) in [5.74, 6) is -0.648. The van der Waals surface area contributed by atoms with E-state index in [4.69, 9.17) is 22.7 Å². The average molecular weight is 315 g/mol. The third-order valence-electron chi connectivity index (χ3n) is 2.17. The zero-order valence-electron chi connectivity index (χ0n) is 10.3. The van der Waals surface area contributed by atoms with Crippen molar-refractivity contribution in [1.82, 2.24) is 9.97 Å². The molecule has 0 aliphatic heterocycles. The van der Waals surface area contributed by atoms with Crippen LogP contribution >= 0.6 is 12.2 Å². The van der Waals surface area contributed by atoms with Crippen LogP contribution in [0.25, 0.3) is 0 Å². The first kappa shape index (κ1) is 15.0. The highest BCUT2D eigenvalue weighted by atomic mass is 32.1. The molecule has 0 saturated carbocycles. The SMILES string of the molecule is NC(=S)c1cnc(Oc2ccccc2OC(F)(F)F)cn1. The normalized spacial score (nSPS) is 11.0. The van der Waals surface area contributed by atoms with Gasteiger partial charge in [-0.2, -0.15) is 0 Å². The Kier molecular flexibility index (Phi) is 4.22. The molecule has 0 saturated heterocycles. The first-order valence-corrected chi connectivity index (χ1v) is 5.90. The van der Waals surface area contributed by atoms with Crippen molar-refractivity contribution in [1.29, 1.82) is 0 Å². The van der Waals surface area contributed by atoms with Crippen LogP contribution in [0.3, 0.4) is 0 Å². The Bertz CT molecular complexity index is 647. The Balaban J connectivity index is 2.21. The molecule has 21 heavy (non-hydrogen) atoms. The number of thiocarbonyl (C=S) groups is 1. The van der Waals surface area contributed by atoms with Crippen LogP contribution in [0.5, 0.6) is 17.4 Å². The topological polar surface area (TPSA) is 70.3 Å². The molecule has 1 aromatic heterocycles. The second kappa shape index (κ2) is 5.92. The molecule has 1 heterocycles. The van der Waals surface area contributed by atoms with Crippen LogP contribution in [-0.2, 0) is 0 Å². The summed E-state index contributed by atoms with van der Waals surface area (Å²) in [4.78, 5) is 7.76. The van der Waals surface area contributed by atoms with E-state index in [-0.39, 0.29) is 22.3 Å². The number of para-hydroxylation sites is 2. The maximum absolute atomic E-state index is 12.3. The smallest absolute Gasteiger partial charge is 0.434 e. The van der Waals surface area contributed by atoms with Crippen molar-refractivity contribution < 1.29 is 22.6 Å². The number of hydrogen-bond donors (Lipinski definition) is 1. The third-order valence-corrected chi connectivity index (χ3v) is 2.38. The van der Waals surface area contributed by atoms with Crippen molar-refractivity contribution in [3.63, 3.8) is 0 Å². The first-order valence-electron chi connectivity index (χ1n) is 5.49. The van der Waals surface area contributed by atoms with Gasteiger partial charge in [-0.3, -0.25) is 0 Å². The van der Waals surface area contributed by atoms with Gasteiger partial charge in [-0.25, -0.2) is 9.97 Å². The third kappa shape index (κ3) is 4.28. The highest BCUT2D eigenvalue weighted by Gasteiger charge is 2.32. The van der Waals surface area contributed by atoms with Gasteiger partial charge in [0.05, 0.1) is 12.4 Å². The Morgan fingerprint density at radius 2 is 1.76 bits per heavy atom. The zero-order chi connectivity index (χ0) is 15.5. The van der Waals surface area contributed by atoms with Crippen molar-refractivity contribution in [2.24, 2.45) is 5.73 Å². The fraction of sp³-hybridized carbons (Fsp3) is 0.0833. The van der Waals surface area contributed by atoms with E-state index >= 15 is 0 Å². The van der Waals surface area contributed by atoms with E-state index in [1.165, 1.54) is 30.6 Å². The molecule has 9 heteroatoms. The van der Waals surface area contributed by atoms with Gasteiger partial charge in [0.25, 0.3) is 0 Å². The molecule has 0 amide bonds. The van der Waals surface area contributed by atoms with E-state index in [0.717, 1.165) is 6.07 Å². The van der Waals surface area contributed by atoms with Gasteiger partial charge >= 0.3 is 6.36 Å². The molecule has 0 bridgehead atoms. The zero-order valence-corrected chi connectivity index (χ0v) is 11.1. The van der Waals surface area contributed by atoms with Crippen LogP contribution in [0.2, 0.25) is 0 Å². The number of aromatic nitrogens is 2. The molecule has 110 valence electrons. The summed E-state index contributed by atoms with van der Waals surface area (Å²) in [6.07, 6.45) is -2.37. The van der Waals surface area contributed by atoms with Gasteiger partial charge in [0.2, 0.25) is 5.88 Å². The highest BCUT2D eigenvalue weighted by molar-refractivity contribution is 7.80. The van der Waals surface area contributed by atoms with Gasteiger partial charge in [-0.1, -0.05) is 24.4 Å². The molecule has 0 aliphatic rings. The number of halogens is 3. The predicted octanol–water partition coefficient (Wildman–Crippen LogP) is 2.80. The van der Waals surface area contributed by atoms with Gasteiger partial charge < -0.3 is 15.2 Å². The van der Waals surface area contributed by atoms with Gasteiger partial charge in [-0.15, -0.1) is 13.2 Å². The summed E-state index contributed by atoms with van der Waals surface area (Å²) in [5, 5.41) is 0. The Morgan fingerprint density at radius 3 is 2.29 bits per heavy atom. The van der Waals surface area contributed by atoms with Crippen molar-refractivity contribution in [2.45, 2.75) is 6.36 Å². The first-order chi connectivity index (χ1) is 9.85. The second-order valence-corrected chi connectivity index (χ2v) is 4.14. The van der Waals surface area contributed by atoms with E-state index in [1.54, 1.807) is 0 Å². The van der Waals surface area contributed by atoms with E-state index in [0.29, 0.717) is 0 Å². The van der Waals surface area contributed by atoms with E-state index in [1.807, 2.05) is 0 Å². The monoisotopic (exact) mass is 315 g/mol. The van der Waals surface area contributed by atoms with E-state index < -0.39 is 12.1 Å². The number of alkyl halides is 3. The molecule has 0 atom stereocenters. The fourth-order valence-corrected chi connectivity index (χ4v) is 1.46. The molecule has 0 unspecified atom stereocenters. The molecule has 0 fully saturated rings. The molecule has 0 radical (unpaired) electrons. The summed E-state index contributed by atoms with van der Waals surface area (Å²) >= 11 is 4.70. The van der Waals surface area contributed by atoms with Crippen molar-refractivity contribution in [2.75, 3.05) is 0 Å². The lowest BCUT2D eigenvalue weighted by Gasteiger charge is -2.13. The summed E-state index contributed by atoms with van der Waals surface area (Å²) in [6.45, 7) is 0. The maximum Gasteiger partial charge on any atom is 0.573 e. The van der Waals surface area contributed by atoms with Crippen LogP contribution in [0.15, 0.2) is 36.7 Å². The lowest BCUT2D eigenvalue weighted by Crippen LogP contribution is -2.17. The minimum atomic E-state index is -4.82. The van der Waals surface area contributed by atoms with Gasteiger partial charge in [0, 0.05) is 0 Å². The van der Waals surface area contributed by atoms with Crippen LogP contribution in [0, 0.1) is 0 Å². The summed E-state index contributed by atoms with van der Waals surface area (Å²) in [5.41, 5.74) is 5.63. The molecule has 5 nitrogen and oxygen atoms in total. The number of ether oxygens (including phenoxy) is 2. The second-order valence-electron chi connectivity index (χ2n) is 3.70. The molecule has 2 aromatic rings. The quantitative estimate of drug-likeness (QED) is 0.875. The van der Waals surface area contributed by atoms with Gasteiger partial charge in [0.1, 0.15) is 10.7 Å². The Morgan fingerprint density at radius 1 is 1.10 bits per heavy atom. The maximum atomic E-state index is 12.3. The molecule has 2 rings (SSSR count). The molecular formula is C12H8F3N3O2S. The number of benzene rings is 1. The van der Waals surface area contributed by atoms with Crippen molar-refractivity contribution >= 4 is 17.2 Å². The number of rotatable bonds is 4. The summed E-state index contributed by atoms with van der Waals surface area (Å²) in [6, 6.07) is 5.31. The van der Waals surface area contributed by atoms with Crippen LogP contribution in [0.4, 0.5) is 13.2 Å². The largest absolute Gasteiger partial charge is 0.573 e. The lowest BCUT2D eigenvalue weighted by atomic mass is 10.3. The molecular weight excluding hydrogens is 307 g/mol. The molecule has 0 spiro atoms. The van der Waals surface area contributed by atoms with Crippen LogP contribution < -0.4 is 15.2 Å². The highest BCUT2D eigenvalue weighted by Crippen LogP contribution is 2.34. The average Bonchev–Trinajstić information content (AvgIpc) is 2.40. The number of nitrogens with two attached hydrogens (primary N) is 1. The Hall–Kier alpha value is -2.42. The van der Waals surface area contributed by atoms with E-state index in [2.05, 4.69) is 14.7 Å². The summed E-state index contributed by atoms with van der Waals surface area (Å²) in [7, 11) is 0. The number of hydrogen-bond acceptors (Lipinski definition) is 5. The van der Waals surface area contributed by atoms with Gasteiger partial charge in [-0.05, 0) is 12.1 Å². The molecule has 1 aromatic carbocycles. The van der Waals surface area contributed by atoms with Crippen molar-refractivity contribution in [3.05, 3.63) is 42.4 Å². The van der Waals surface area contributed by atoms with Crippen molar-refractivity contribution in [3.8, 4) is 17.4 Å². The molecule has 2 N–H and O–H groups in total. The fourth-order valence-electron chi connectivity index (χ4n) is 1.35. The predicted molar refractivity (Wildman–Crippen MR) is 71.1 cm³/mol.